The topological polar surface area (TPSA) is 68.3 Å². The molecule has 2 aromatic carbocycles. The highest BCUT2D eigenvalue weighted by Crippen LogP contribution is 2.28. The van der Waals surface area contributed by atoms with Crippen LogP contribution in [-0.4, -0.2) is 23.5 Å². The summed E-state index contributed by atoms with van der Waals surface area (Å²) in [7, 11) is 0. The molecule has 1 aromatic heterocycles. The highest BCUT2D eigenvalue weighted by Gasteiger charge is 2.18. The molecule has 0 aliphatic rings. The van der Waals surface area contributed by atoms with Crippen LogP contribution in [0.1, 0.15) is 26.5 Å². The predicted molar refractivity (Wildman–Crippen MR) is 107 cm³/mol. The van der Waals surface area contributed by atoms with Crippen molar-refractivity contribution in [2.24, 2.45) is 0 Å². The summed E-state index contributed by atoms with van der Waals surface area (Å²) in [5, 5.41) is 3.48. The molecule has 0 saturated carbocycles. The summed E-state index contributed by atoms with van der Waals surface area (Å²) in [5.74, 6) is -0.917. The first kappa shape index (κ1) is 18.8. The standard InChI is InChI=1S/C21H20N2O3S/c1-13-9-10-17(11-14(13)2)23-18(24)12-26-21(25)19-15(3)22-20(27-19)16-7-5-4-6-8-16/h4-11H,12H2,1-3H3,(H,23,24). The first-order valence-electron chi connectivity index (χ1n) is 8.51. The van der Waals surface area contributed by atoms with Gasteiger partial charge in [0.1, 0.15) is 9.88 Å². The van der Waals surface area contributed by atoms with Crippen LogP contribution in [0.15, 0.2) is 48.5 Å². The van der Waals surface area contributed by atoms with Crippen LogP contribution in [0, 0.1) is 20.8 Å². The molecule has 1 amide bonds. The lowest BCUT2D eigenvalue weighted by Gasteiger charge is -2.08. The van der Waals surface area contributed by atoms with E-state index >= 15 is 0 Å². The smallest absolute Gasteiger partial charge is 0.350 e. The maximum absolute atomic E-state index is 12.3. The van der Waals surface area contributed by atoms with E-state index in [9.17, 15) is 9.59 Å². The Kier molecular flexibility index (Phi) is 5.66. The van der Waals surface area contributed by atoms with Crippen molar-refractivity contribution in [3.05, 3.63) is 70.2 Å². The van der Waals surface area contributed by atoms with E-state index in [1.807, 2.05) is 62.4 Å². The minimum atomic E-state index is -0.539. The largest absolute Gasteiger partial charge is 0.451 e. The molecule has 138 valence electrons. The molecular formula is C21H20N2O3S. The third kappa shape index (κ3) is 4.60. The predicted octanol–water partition coefficient (Wildman–Crippen LogP) is 4.53. The van der Waals surface area contributed by atoms with E-state index < -0.39 is 5.97 Å². The van der Waals surface area contributed by atoms with Crippen molar-refractivity contribution in [2.45, 2.75) is 20.8 Å². The van der Waals surface area contributed by atoms with Gasteiger partial charge in [0.15, 0.2) is 6.61 Å². The SMILES string of the molecule is Cc1ccc(NC(=O)COC(=O)c2sc(-c3ccccc3)nc2C)cc1C. The number of hydrogen-bond donors (Lipinski definition) is 1. The summed E-state index contributed by atoms with van der Waals surface area (Å²) < 4.78 is 5.17. The van der Waals surface area contributed by atoms with Gasteiger partial charge in [0.2, 0.25) is 0 Å². The monoisotopic (exact) mass is 380 g/mol. The van der Waals surface area contributed by atoms with Crippen molar-refractivity contribution in [3.8, 4) is 10.6 Å². The number of thiazole rings is 1. The van der Waals surface area contributed by atoms with E-state index in [-0.39, 0.29) is 12.5 Å². The Balaban J connectivity index is 1.61. The Morgan fingerprint density at radius 2 is 1.78 bits per heavy atom. The van der Waals surface area contributed by atoms with Gasteiger partial charge in [-0.3, -0.25) is 4.79 Å². The lowest BCUT2D eigenvalue weighted by Crippen LogP contribution is -2.21. The molecule has 27 heavy (non-hydrogen) atoms. The number of benzene rings is 2. The lowest BCUT2D eigenvalue weighted by atomic mass is 10.1. The Hall–Kier alpha value is -2.99. The van der Waals surface area contributed by atoms with E-state index in [1.165, 1.54) is 11.3 Å². The van der Waals surface area contributed by atoms with E-state index in [0.29, 0.717) is 16.3 Å². The molecule has 0 aliphatic carbocycles. The highest BCUT2D eigenvalue weighted by atomic mass is 32.1. The van der Waals surface area contributed by atoms with E-state index in [4.69, 9.17) is 4.74 Å². The van der Waals surface area contributed by atoms with E-state index in [1.54, 1.807) is 6.92 Å². The first-order valence-corrected chi connectivity index (χ1v) is 9.33. The van der Waals surface area contributed by atoms with Crippen molar-refractivity contribution < 1.29 is 14.3 Å². The maximum Gasteiger partial charge on any atom is 0.350 e. The van der Waals surface area contributed by atoms with Crippen LogP contribution in [0.25, 0.3) is 10.6 Å². The molecule has 0 fully saturated rings. The number of carbonyl (C=O) groups excluding carboxylic acids is 2. The van der Waals surface area contributed by atoms with E-state index in [0.717, 1.165) is 21.7 Å². The molecule has 1 heterocycles. The van der Waals surface area contributed by atoms with Crippen molar-refractivity contribution in [2.75, 3.05) is 11.9 Å². The maximum atomic E-state index is 12.3. The molecule has 0 spiro atoms. The van der Waals surface area contributed by atoms with Crippen LogP contribution in [0.2, 0.25) is 0 Å². The molecule has 0 bridgehead atoms. The van der Waals surface area contributed by atoms with Gasteiger partial charge in [0, 0.05) is 11.3 Å². The van der Waals surface area contributed by atoms with Gasteiger partial charge in [0.05, 0.1) is 5.69 Å². The Labute approximate surface area is 162 Å². The summed E-state index contributed by atoms with van der Waals surface area (Å²) in [4.78, 5) is 29.2. The summed E-state index contributed by atoms with van der Waals surface area (Å²) in [6.07, 6.45) is 0. The molecule has 0 unspecified atom stereocenters. The van der Waals surface area contributed by atoms with Gasteiger partial charge in [-0.2, -0.15) is 0 Å². The van der Waals surface area contributed by atoms with Crippen LogP contribution < -0.4 is 5.32 Å². The molecule has 5 nitrogen and oxygen atoms in total. The number of nitrogens with zero attached hydrogens (tertiary/aromatic N) is 1. The van der Waals surface area contributed by atoms with Crippen molar-refractivity contribution in [1.82, 2.24) is 4.98 Å². The zero-order valence-corrected chi connectivity index (χ0v) is 16.2. The summed E-state index contributed by atoms with van der Waals surface area (Å²) in [6.45, 7) is 5.39. The Bertz CT molecular complexity index is 980. The van der Waals surface area contributed by atoms with Crippen LogP contribution >= 0.6 is 11.3 Å². The first-order chi connectivity index (χ1) is 12.9. The quantitative estimate of drug-likeness (QED) is 0.660. The second-order valence-electron chi connectivity index (χ2n) is 6.22. The van der Waals surface area contributed by atoms with Crippen LogP contribution in [-0.2, 0) is 9.53 Å². The second-order valence-corrected chi connectivity index (χ2v) is 7.22. The number of aromatic nitrogens is 1. The minimum Gasteiger partial charge on any atom is -0.451 e. The van der Waals surface area contributed by atoms with Crippen molar-refractivity contribution >= 4 is 28.9 Å². The van der Waals surface area contributed by atoms with Gasteiger partial charge in [-0.25, -0.2) is 9.78 Å². The molecule has 0 atom stereocenters. The summed E-state index contributed by atoms with van der Waals surface area (Å²) in [5.41, 5.74) is 4.45. The van der Waals surface area contributed by atoms with Gasteiger partial charge in [-0.1, -0.05) is 36.4 Å². The van der Waals surface area contributed by atoms with Gasteiger partial charge < -0.3 is 10.1 Å². The van der Waals surface area contributed by atoms with Crippen LogP contribution in [0.3, 0.4) is 0 Å². The number of ether oxygens (including phenoxy) is 1. The fourth-order valence-corrected chi connectivity index (χ4v) is 3.47. The van der Waals surface area contributed by atoms with Gasteiger partial charge in [-0.05, 0) is 44.0 Å². The van der Waals surface area contributed by atoms with Gasteiger partial charge in [-0.15, -0.1) is 11.3 Å². The van der Waals surface area contributed by atoms with Gasteiger partial charge in [0.25, 0.3) is 5.91 Å². The van der Waals surface area contributed by atoms with Crippen molar-refractivity contribution in [1.29, 1.82) is 0 Å². The zero-order valence-electron chi connectivity index (χ0n) is 15.4. The number of rotatable bonds is 5. The van der Waals surface area contributed by atoms with E-state index in [2.05, 4.69) is 10.3 Å². The zero-order chi connectivity index (χ0) is 19.4. The summed E-state index contributed by atoms with van der Waals surface area (Å²) in [6, 6.07) is 15.3. The lowest BCUT2D eigenvalue weighted by molar-refractivity contribution is -0.119. The fraction of sp³-hybridized carbons (Fsp3) is 0.190. The number of amides is 1. The normalized spacial score (nSPS) is 10.5. The molecule has 3 aromatic rings. The average molecular weight is 380 g/mol. The Morgan fingerprint density at radius 1 is 1.04 bits per heavy atom. The molecular weight excluding hydrogens is 360 g/mol. The number of esters is 1. The second kappa shape index (κ2) is 8.14. The number of anilines is 1. The minimum absolute atomic E-state index is 0.343. The fourth-order valence-electron chi connectivity index (χ4n) is 2.50. The average Bonchev–Trinajstić information content (AvgIpc) is 3.05. The Morgan fingerprint density at radius 3 is 2.48 bits per heavy atom. The summed E-state index contributed by atoms with van der Waals surface area (Å²) >= 11 is 1.26. The molecule has 0 aliphatic heterocycles. The molecule has 0 saturated heterocycles. The number of hydrogen-bond acceptors (Lipinski definition) is 5. The van der Waals surface area contributed by atoms with Crippen LogP contribution in [0.4, 0.5) is 5.69 Å². The third-order valence-corrected chi connectivity index (χ3v) is 5.31. The van der Waals surface area contributed by atoms with Gasteiger partial charge >= 0.3 is 5.97 Å². The van der Waals surface area contributed by atoms with Crippen molar-refractivity contribution in [3.63, 3.8) is 0 Å². The molecule has 6 heteroatoms. The molecule has 1 N–H and O–H groups in total. The highest BCUT2D eigenvalue weighted by molar-refractivity contribution is 7.17. The number of nitrogens with one attached hydrogen (secondary N) is 1. The molecule has 0 radical (unpaired) electrons. The van der Waals surface area contributed by atoms with Crippen LogP contribution in [0.5, 0.6) is 0 Å². The molecule has 3 rings (SSSR count). The number of carbonyl (C=O) groups is 2. The third-order valence-electron chi connectivity index (χ3n) is 4.13. The number of aryl methyl sites for hydroxylation is 3.